The van der Waals surface area contributed by atoms with Crippen LogP contribution in [0.5, 0.6) is 0 Å². The van der Waals surface area contributed by atoms with Crippen molar-refractivity contribution in [1.82, 2.24) is 14.8 Å². The van der Waals surface area contributed by atoms with Crippen molar-refractivity contribution in [2.75, 3.05) is 31.1 Å². The summed E-state index contributed by atoms with van der Waals surface area (Å²) >= 11 is 6.53. The van der Waals surface area contributed by atoms with E-state index in [9.17, 15) is 10.1 Å². The molecule has 8 heteroatoms. The molecule has 0 N–H and O–H groups in total. The van der Waals surface area contributed by atoms with Crippen LogP contribution in [0.2, 0.25) is 5.15 Å². The van der Waals surface area contributed by atoms with Gasteiger partial charge in [0.15, 0.2) is 0 Å². The molecule has 1 aromatic carbocycles. The number of piperazine rings is 1. The average molecular weight is 482 g/mol. The topological polar surface area (TPSA) is 72.7 Å². The highest BCUT2D eigenvalue weighted by atomic mass is 35.5. The second kappa shape index (κ2) is 9.81. The van der Waals surface area contributed by atoms with Gasteiger partial charge in [0, 0.05) is 50.9 Å². The normalized spacial score (nSPS) is 18.9. The van der Waals surface area contributed by atoms with Crippen molar-refractivity contribution in [3.05, 3.63) is 57.7 Å². The first-order valence-corrected chi connectivity index (χ1v) is 12.2. The molecule has 3 heterocycles. The van der Waals surface area contributed by atoms with E-state index in [1.165, 1.54) is 5.56 Å². The third-order valence-electron chi connectivity index (χ3n) is 6.32. The molecule has 0 aliphatic carbocycles. The van der Waals surface area contributed by atoms with Crippen LogP contribution in [0.4, 0.5) is 10.6 Å². The van der Waals surface area contributed by atoms with Crippen molar-refractivity contribution in [2.24, 2.45) is 0 Å². The largest absolute Gasteiger partial charge is 0.444 e. The summed E-state index contributed by atoms with van der Waals surface area (Å²) in [5.74, 6) is 0.842. The zero-order valence-electron chi connectivity index (χ0n) is 20.3. The Morgan fingerprint density at radius 1 is 1.21 bits per heavy atom. The number of aromatic nitrogens is 1. The minimum Gasteiger partial charge on any atom is -0.444 e. The lowest BCUT2D eigenvalue weighted by atomic mass is 9.95. The number of hydrogen-bond acceptors (Lipinski definition) is 6. The minimum absolute atomic E-state index is 0.0456. The predicted octanol–water partition coefficient (Wildman–Crippen LogP) is 4.61. The summed E-state index contributed by atoms with van der Waals surface area (Å²) in [5, 5.41) is 10.1. The number of pyridine rings is 1. The van der Waals surface area contributed by atoms with Crippen LogP contribution in [0.25, 0.3) is 0 Å². The van der Waals surface area contributed by atoms with Gasteiger partial charge in [0.05, 0.1) is 5.56 Å². The molecule has 0 saturated carbocycles. The lowest BCUT2D eigenvalue weighted by Gasteiger charge is -2.42. The van der Waals surface area contributed by atoms with Crippen LogP contribution in [0, 0.1) is 11.3 Å². The Morgan fingerprint density at radius 3 is 2.59 bits per heavy atom. The number of halogens is 1. The summed E-state index contributed by atoms with van der Waals surface area (Å²) < 4.78 is 5.56. The number of anilines is 1. The summed E-state index contributed by atoms with van der Waals surface area (Å²) in [6.45, 7) is 11.8. The van der Waals surface area contributed by atoms with Crippen LogP contribution >= 0.6 is 11.6 Å². The van der Waals surface area contributed by atoms with E-state index in [0.29, 0.717) is 31.7 Å². The number of ether oxygens (including phenoxy) is 1. The maximum atomic E-state index is 12.6. The number of rotatable bonds is 3. The molecular formula is C26H32ClN5O2. The second-order valence-corrected chi connectivity index (χ2v) is 10.4. The molecule has 1 saturated heterocycles. The second-order valence-electron chi connectivity index (χ2n) is 10.1. The van der Waals surface area contributed by atoms with Crippen LogP contribution in [0.3, 0.4) is 0 Å². The van der Waals surface area contributed by atoms with Crippen molar-refractivity contribution >= 4 is 23.5 Å². The highest BCUT2D eigenvalue weighted by Crippen LogP contribution is 2.35. The van der Waals surface area contributed by atoms with Gasteiger partial charge in [-0.05, 0) is 45.2 Å². The van der Waals surface area contributed by atoms with E-state index in [4.69, 9.17) is 16.3 Å². The summed E-state index contributed by atoms with van der Waals surface area (Å²) in [6, 6.07) is 12.7. The molecule has 0 spiro atoms. The first-order valence-electron chi connectivity index (χ1n) is 11.8. The van der Waals surface area contributed by atoms with E-state index in [1.807, 2.05) is 39.0 Å². The van der Waals surface area contributed by atoms with Gasteiger partial charge in [-0.25, -0.2) is 9.78 Å². The molecule has 2 aromatic rings. The third kappa shape index (κ3) is 5.29. The molecule has 2 aliphatic rings. The first-order chi connectivity index (χ1) is 16.2. The molecule has 2 aliphatic heterocycles. The van der Waals surface area contributed by atoms with Gasteiger partial charge in [-0.2, -0.15) is 5.26 Å². The summed E-state index contributed by atoms with van der Waals surface area (Å²) in [5.41, 5.74) is 3.27. The van der Waals surface area contributed by atoms with Crippen molar-refractivity contribution in [1.29, 1.82) is 5.26 Å². The predicted molar refractivity (Wildman–Crippen MR) is 133 cm³/mol. The number of nitrogens with zero attached hydrogens (tertiary/aromatic N) is 5. The Hall–Kier alpha value is -2.82. The number of nitriles is 1. The molecule has 0 bridgehead atoms. The minimum atomic E-state index is -0.523. The maximum Gasteiger partial charge on any atom is 0.410 e. The van der Waals surface area contributed by atoms with E-state index < -0.39 is 5.60 Å². The van der Waals surface area contributed by atoms with Crippen LogP contribution in [-0.4, -0.2) is 58.7 Å². The number of benzene rings is 1. The van der Waals surface area contributed by atoms with E-state index in [2.05, 4.69) is 39.9 Å². The van der Waals surface area contributed by atoms with Crippen molar-refractivity contribution < 1.29 is 9.53 Å². The molecule has 1 unspecified atom stereocenters. The molecule has 1 amide bonds. The molecule has 180 valence electrons. The first kappa shape index (κ1) is 24.3. The molecule has 34 heavy (non-hydrogen) atoms. The smallest absolute Gasteiger partial charge is 0.410 e. The van der Waals surface area contributed by atoms with Crippen molar-refractivity contribution in [3.8, 4) is 6.07 Å². The fourth-order valence-corrected chi connectivity index (χ4v) is 4.97. The summed E-state index contributed by atoms with van der Waals surface area (Å²) in [4.78, 5) is 23.6. The lowest BCUT2D eigenvalue weighted by Crippen LogP contribution is -2.55. The summed E-state index contributed by atoms with van der Waals surface area (Å²) in [7, 11) is 0. The molecule has 0 radical (unpaired) electrons. The molecule has 1 atom stereocenters. The Morgan fingerprint density at radius 2 is 1.94 bits per heavy atom. The van der Waals surface area contributed by atoms with Crippen LogP contribution in [0.1, 0.15) is 49.9 Å². The Bertz CT molecular complexity index is 1090. The van der Waals surface area contributed by atoms with Crippen molar-refractivity contribution in [3.63, 3.8) is 0 Å². The van der Waals surface area contributed by atoms with Crippen LogP contribution < -0.4 is 4.90 Å². The van der Waals surface area contributed by atoms with Gasteiger partial charge in [0.25, 0.3) is 0 Å². The SMILES string of the molecule is CC1CN(C(=O)OC(C)(C)C)CCN1c1nc(Cl)c(C#N)c2c1CCN(Cc1ccccc1)C2. The fraction of sp³-hybridized carbons (Fsp3) is 0.500. The zero-order valence-corrected chi connectivity index (χ0v) is 21.1. The van der Waals surface area contributed by atoms with E-state index >= 15 is 0 Å². The standard InChI is InChI=1S/C26H32ClN5O2/c1-18-15-31(25(33)34-26(2,3)4)12-13-32(18)24-20-10-11-30(16-19-8-6-5-7-9-19)17-22(20)21(14-28)23(27)29-24/h5-9,18H,10-13,15-17H2,1-4H3. The Kier molecular flexibility index (Phi) is 7.01. The third-order valence-corrected chi connectivity index (χ3v) is 6.59. The van der Waals surface area contributed by atoms with Crippen LogP contribution in [-0.2, 0) is 24.2 Å². The molecule has 1 fully saturated rings. The number of hydrogen-bond donors (Lipinski definition) is 0. The quantitative estimate of drug-likeness (QED) is 0.596. The van der Waals surface area contributed by atoms with Crippen LogP contribution in [0.15, 0.2) is 30.3 Å². The lowest BCUT2D eigenvalue weighted by molar-refractivity contribution is 0.0218. The van der Waals surface area contributed by atoms with Gasteiger partial charge in [-0.15, -0.1) is 0 Å². The maximum absolute atomic E-state index is 12.6. The van der Waals surface area contributed by atoms with Gasteiger partial charge in [0.1, 0.15) is 22.6 Å². The van der Waals surface area contributed by atoms with Crippen molar-refractivity contribution in [2.45, 2.75) is 58.8 Å². The van der Waals surface area contributed by atoms with E-state index in [-0.39, 0.29) is 17.3 Å². The average Bonchev–Trinajstić information content (AvgIpc) is 2.78. The van der Waals surface area contributed by atoms with Gasteiger partial charge in [0.2, 0.25) is 0 Å². The number of fused-ring (bicyclic) bond motifs is 1. The van der Waals surface area contributed by atoms with Gasteiger partial charge < -0.3 is 14.5 Å². The number of amides is 1. The van der Waals surface area contributed by atoms with Gasteiger partial charge in [-0.1, -0.05) is 41.9 Å². The van der Waals surface area contributed by atoms with Gasteiger partial charge >= 0.3 is 6.09 Å². The molecular weight excluding hydrogens is 450 g/mol. The fourth-order valence-electron chi connectivity index (χ4n) is 4.73. The summed E-state index contributed by atoms with van der Waals surface area (Å²) in [6.07, 6.45) is 0.512. The highest BCUT2D eigenvalue weighted by Gasteiger charge is 2.34. The zero-order chi connectivity index (χ0) is 24.5. The number of carbonyl (C=O) groups excluding carboxylic acids is 1. The Labute approximate surface area is 206 Å². The molecule has 4 rings (SSSR count). The molecule has 7 nitrogen and oxygen atoms in total. The number of carbonyl (C=O) groups is 1. The van der Waals surface area contributed by atoms with E-state index in [0.717, 1.165) is 36.5 Å². The molecule has 1 aromatic heterocycles. The van der Waals surface area contributed by atoms with Gasteiger partial charge in [-0.3, -0.25) is 4.90 Å². The highest BCUT2D eigenvalue weighted by molar-refractivity contribution is 6.30. The Balaban J connectivity index is 1.56. The monoisotopic (exact) mass is 481 g/mol. The van der Waals surface area contributed by atoms with E-state index in [1.54, 1.807) is 4.90 Å².